The van der Waals surface area contributed by atoms with Crippen LogP contribution in [0.15, 0.2) is 30.6 Å². The van der Waals surface area contributed by atoms with Crippen molar-refractivity contribution < 1.29 is 0 Å². The zero-order valence-corrected chi connectivity index (χ0v) is 12.1. The summed E-state index contributed by atoms with van der Waals surface area (Å²) in [5.41, 5.74) is 3.36. The second-order valence-corrected chi connectivity index (χ2v) is 5.63. The smallest absolute Gasteiger partial charge is 0.254 e. The number of hydrogen-bond donors (Lipinski definition) is 1. The molecule has 1 aliphatic carbocycles. The first kappa shape index (κ1) is 12.6. The van der Waals surface area contributed by atoms with Gasteiger partial charge in [0.25, 0.3) is 5.78 Å². The molecule has 0 saturated heterocycles. The molecule has 1 aromatic carbocycles. The average molecular weight is 300 g/mol. The molecule has 21 heavy (non-hydrogen) atoms. The Balaban J connectivity index is 1.85. The molecule has 0 aliphatic heterocycles. The van der Waals surface area contributed by atoms with Gasteiger partial charge in [-0.25, -0.2) is 4.98 Å². The molecule has 0 unspecified atom stereocenters. The van der Waals surface area contributed by atoms with Crippen LogP contribution < -0.4 is 5.32 Å². The Labute approximate surface area is 127 Å². The standard InChI is InChI=1S/C15H14ClN5/c16-10-5-7-11(8-6-10)19-14-12-3-1-2-4-13(12)20-15-17-9-18-21(14)15/h5-9,19H,1-4H2. The number of aryl methyl sites for hydroxylation is 1. The fraction of sp³-hybridized carbons (Fsp3) is 0.267. The Morgan fingerprint density at radius 1 is 1.10 bits per heavy atom. The molecule has 0 saturated carbocycles. The van der Waals surface area contributed by atoms with Crippen LogP contribution in [0.3, 0.4) is 0 Å². The number of nitrogens with one attached hydrogen (secondary N) is 1. The van der Waals surface area contributed by atoms with Gasteiger partial charge in [0.05, 0.1) is 5.69 Å². The summed E-state index contributed by atoms with van der Waals surface area (Å²) >= 11 is 5.94. The molecule has 0 spiro atoms. The van der Waals surface area contributed by atoms with E-state index in [-0.39, 0.29) is 0 Å². The zero-order chi connectivity index (χ0) is 14.2. The highest BCUT2D eigenvalue weighted by molar-refractivity contribution is 6.30. The number of anilines is 2. The van der Waals surface area contributed by atoms with Crippen LogP contribution in [-0.4, -0.2) is 19.6 Å². The van der Waals surface area contributed by atoms with Crippen LogP contribution in [0.4, 0.5) is 11.5 Å². The van der Waals surface area contributed by atoms with Gasteiger partial charge in [0.15, 0.2) is 0 Å². The van der Waals surface area contributed by atoms with Gasteiger partial charge in [-0.15, -0.1) is 0 Å². The van der Waals surface area contributed by atoms with Crippen molar-refractivity contribution in [3.8, 4) is 0 Å². The van der Waals surface area contributed by atoms with Gasteiger partial charge in [-0.1, -0.05) is 11.6 Å². The minimum absolute atomic E-state index is 0.645. The van der Waals surface area contributed by atoms with E-state index in [0.29, 0.717) is 5.78 Å². The number of aromatic nitrogens is 4. The molecule has 0 fully saturated rings. The molecule has 0 atom stereocenters. The van der Waals surface area contributed by atoms with Crippen molar-refractivity contribution in [1.29, 1.82) is 0 Å². The molecule has 106 valence electrons. The highest BCUT2D eigenvalue weighted by Crippen LogP contribution is 2.29. The van der Waals surface area contributed by atoms with E-state index < -0.39 is 0 Å². The normalized spacial score (nSPS) is 14.1. The molecule has 6 heteroatoms. The SMILES string of the molecule is Clc1ccc(Nc2c3c(nc4ncnn24)CCCC3)cc1. The lowest BCUT2D eigenvalue weighted by atomic mass is 9.96. The van der Waals surface area contributed by atoms with E-state index in [2.05, 4.69) is 20.4 Å². The Bertz CT molecular complexity index is 794. The van der Waals surface area contributed by atoms with Crippen molar-refractivity contribution in [2.45, 2.75) is 25.7 Å². The van der Waals surface area contributed by atoms with E-state index in [9.17, 15) is 0 Å². The first-order chi connectivity index (χ1) is 10.3. The second-order valence-electron chi connectivity index (χ2n) is 5.20. The van der Waals surface area contributed by atoms with Gasteiger partial charge in [0.1, 0.15) is 12.1 Å². The lowest BCUT2D eigenvalue weighted by Crippen LogP contribution is -2.13. The van der Waals surface area contributed by atoms with E-state index in [4.69, 9.17) is 11.6 Å². The number of hydrogen-bond acceptors (Lipinski definition) is 4. The fourth-order valence-corrected chi connectivity index (χ4v) is 2.91. The average Bonchev–Trinajstić information content (AvgIpc) is 2.97. The Morgan fingerprint density at radius 3 is 2.76 bits per heavy atom. The van der Waals surface area contributed by atoms with Crippen LogP contribution in [0.25, 0.3) is 5.78 Å². The van der Waals surface area contributed by atoms with E-state index in [0.717, 1.165) is 35.1 Å². The summed E-state index contributed by atoms with van der Waals surface area (Å²) in [5.74, 6) is 1.61. The third-order valence-electron chi connectivity index (χ3n) is 3.81. The third-order valence-corrected chi connectivity index (χ3v) is 4.06. The summed E-state index contributed by atoms with van der Waals surface area (Å²) < 4.78 is 1.78. The van der Waals surface area contributed by atoms with Gasteiger partial charge >= 0.3 is 0 Å². The minimum Gasteiger partial charge on any atom is -0.340 e. The summed E-state index contributed by atoms with van der Waals surface area (Å²) in [7, 11) is 0. The first-order valence-electron chi connectivity index (χ1n) is 7.05. The molecule has 0 amide bonds. The van der Waals surface area contributed by atoms with Crippen LogP contribution in [0.1, 0.15) is 24.1 Å². The summed E-state index contributed by atoms with van der Waals surface area (Å²) in [6.07, 6.45) is 5.94. The minimum atomic E-state index is 0.645. The number of benzene rings is 1. The Hall–Kier alpha value is -2.14. The van der Waals surface area contributed by atoms with Gasteiger partial charge in [-0.3, -0.25) is 0 Å². The third kappa shape index (κ3) is 2.23. The second kappa shape index (κ2) is 5.00. The fourth-order valence-electron chi connectivity index (χ4n) is 2.78. The lowest BCUT2D eigenvalue weighted by molar-refractivity contribution is 0.662. The molecule has 1 aliphatic rings. The Morgan fingerprint density at radius 2 is 1.90 bits per heavy atom. The summed E-state index contributed by atoms with van der Waals surface area (Å²) in [5, 5.41) is 8.47. The molecule has 0 radical (unpaired) electrons. The summed E-state index contributed by atoms with van der Waals surface area (Å²) in [6.45, 7) is 0. The van der Waals surface area contributed by atoms with E-state index in [1.165, 1.54) is 18.4 Å². The molecule has 3 aromatic rings. The topological polar surface area (TPSA) is 55.1 Å². The molecule has 2 aromatic heterocycles. The first-order valence-corrected chi connectivity index (χ1v) is 7.43. The van der Waals surface area contributed by atoms with E-state index >= 15 is 0 Å². The van der Waals surface area contributed by atoms with E-state index in [1.54, 1.807) is 10.8 Å². The predicted octanol–water partition coefficient (Wildman–Crippen LogP) is 3.40. The molecular formula is C15H14ClN5. The van der Waals surface area contributed by atoms with Crippen LogP contribution in [0, 0.1) is 0 Å². The van der Waals surface area contributed by atoms with Crippen molar-refractivity contribution in [3.05, 3.63) is 46.9 Å². The van der Waals surface area contributed by atoms with Crippen LogP contribution in [0.5, 0.6) is 0 Å². The molecule has 4 rings (SSSR count). The maximum absolute atomic E-state index is 5.94. The molecule has 0 bridgehead atoms. The highest BCUT2D eigenvalue weighted by Gasteiger charge is 2.19. The maximum atomic E-state index is 5.94. The molecule has 2 heterocycles. The monoisotopic (exact) mass is 299 g/mol. The quantitative estimate of drug-likeness (QED) is 0.788. The van der Waals surface area contributed by atoms with Gasteiger partial charge in [0, 0.05) is 16.3 Å². The summed E-state index contributed by atoms with van der Waals surface area (Å²) in [4.78, 5) is 8.84. The van der Waals surface area contributed by atoms with E-state index in [1.807, 2.05) is 24.3 Å². The maximum Gasteiger partial charge on any atom is 0.254 e. The number of fused-ring (bicyclic) bond motifs is 2. The summed E-state index contributed by atoms with van der Waals surface area (Å²) in [6, 6.07) is 7.66. The van der Waals surface area contributed by atoms with Gasteiger partial charge < -0.3 is 5.32 Å². The van der Waals surface area contributed by atoms with Gasteiger partial charge in [-0.2, -0.15) is 14.6 Å². The molecule has 5 nitrogen and oxygen atoms in total. The van der Waals surface area contributed by atoms with Crippen LogP contribution in [0.2, 0.25) is 5.02 Å². The predicted molar refractivity (Wildman–Crippen MR) is 82.2 cm³/mol. The Kier molecular flexibility index (Phi) is 3.00. The van der Waals surface area contributed by atoms with Crippen molar-refractivity contribution >= 4 is 28.9 Å². The highest BCUT2D eigenvalue weighted by atomic mass is 35.5. The number of nitrogens with zero attached hydrogens (tertiary/aromatic N) is 4. The number of halogens is 1. The van der Waals surface area contributed by atoms with Crippen molar-refractivity contribution in [2.75, 3.05) is 5.32 Å². The molecule has 1 N–H and O–H groups in total. The molecular weight excluding hydrogens is 286 g/mol. The lowest BCUT2D eigenvalue weighted by Gasteiger charge is -2.19. The van der Waals surface area contributed by atoms with Crippen molar-refractivity contribution in [1.82, 2.24) is 19.6 Å². The van der Waals surface area contributed by atoms with Crippen LogP contribution in [-0.2, 0) is 12.8 Å². The van der Waals surface area contributed by atoms with Gasteiger partial charge in [0.2, 0.25) is 0 Å². The zero-order valence-electron chi connectivity index (χ0n) is 11.4. The largest absolute Gasteiger partial charge is 0.340 e. The van der Waals surface area contributed by atoms with Crippen molar-refractivity contribution in [3.63, 3.8) is 0 Å². The number of rotatable bonds is 2. The van der Waals surface area contributed by atoms with Gasteiger partial charge in [-0.05, 0) is 49.9 Å². The van der Waals surface area contributed by atoms with Crippen molar-refractivity contribution in [2.24, 2.45) is 0 Å². The van der Waals surface area contributed by atoms with Crippen LogP contribution >= 0.6 is 11.6 Å².